The molecule has 4 nitrogen and oxygen atoms in total. The predicted octanol–water partition coefficient (Wildman–Crippen LogP) is 3.08. The first kappa shape index (κ1) is 15.2. The van der Waals surface area contributed by atoms with Gasteiger partial charge in [0, 0.05) is 18.8 Å². The molecule has 0 saturated carbocycles. The lowest BCUT2D eigenvalue weighted by atomic mass is 9.77. The second kappa shape index (κ2) is 5.95. The van der Waals surface area contributed by atoms with Crippen molar-refractivity contribution < 1.29 is 9.53 Å². The molecule has 1 atom stereocenters. The number of rotatable bonds is 3. The molecule has 1 N–H and O–H groups in total. The Kier molecular flexibility index (Phi) is 3.77. The third-order valence-corrected chi connectivity index (χ3v) is 5.27. The molecule has 1 amide bonds. The zero-order valence-electron chi connectivity index (χ0n) is 13.9. The number of carbonyl (C=O) groups is 1. The predicted molar refractivity (Wildman–Crippen MR) is 94.1 cm³/mol. The highest BCUT2D eigenvalue weighted by Gasteiger charge is 2.46. The molecule has 1 saturated heterocycles. The van der Waals surface area contributed by atoms with Crippen molar-refractivity contribution in [3.63, 3.8) is 0 Å². The maximum atomic E-state index is 12.7. The van der Waals surface area contributed by atoms with Crippen molar-refractivity contribution in [1.82, 2.24) is 4.90 Å². The lowest BCUT2D eigenvalue weighted by Gasteiger charge is -2.33. The maximum Gasteiger partial charge on any atom is 0.232 e. The summed E-state index contributed by atoms with van der Waals surface area (Å²) in [5, 5.41) is 3.11. The van der Waals surface area contributed by atoms with Crippen molar-refractivity contribution in [2.75, 3.05) is 25.5 Å². The molecule has 2 heterocycles. The summed E-state index contributed by atoms with van der Waals surface area (Å²) in [7, 11) is 1.68. The standard InChI is InChI=1S/C20H22N2O2/c1-24-17-8-6-15(7-9-17)13-22-11-10-20(14-22)12-16-4-2-3-5-18(16)21-19(20)23/h2-9H,10-14H2,1H3,(H,21,23). The Balaban J connectivity index is 1.48. The molecule has 2 aliphatic heterocycles. The minimum atomic E-state index is -0.277. The summed E-state index contributed by atoms with van der Waals surface area (Å²) in [6.07, 6.45) is 1.76. The third kappa shape index (κ3) is 2.67. The van der Waals surface area contributed by atoms with E-state index in [0.717, 1.165) is 43.9 Å². The first-order valence-corrected chi connectivity index (χ1v) is 8.43. The van der Waals surface area contributed by atoms with Crippen LogP contribution in [0.1, 0.15) is 17.5 Å². The van der Waals surface area contributed by atoms with Crippen LogP contribution >= 0.6 is 0 Å². The van der Waals surface area contributed by atoms with Crippen LogP contribution in [0.25, 0.3) is 0 Å². The number of nitrogens with one attached hydrogen (secondary N) is 1. The molecule has 0 aromatic heterocycles. The molecule has 1 spiro atoms. The Hall–Kier alpha value is -2.33. The fourth-order valence-electron chi connectivity index (χ4n) is 3.91. The number of nitrogens with zero attached hydrogens (tertiary/aromatic N) is 1. The molecule has 2 aromatic rings. The number of amides is 1. The number of likely N-dealkylation sites (tertiary alicyclic amines) is 1. The van der Waals surface area contributed by atoms with E-state index in [0.29, 0.717) is 0 Å². The van der Waals surface area contributed by atoms with Crippen LogP contribution in [0.15, 0.2) is 48.5 Å². The smallest absolute Gasteiger partial charge is 0.232 e. The summed E-state index contributed by atoms with van der Waals surface area (Å²) >= 11 is 0. The zero-order chi connectivity index (χ0) is 16.6. The zero-order valence-corrected chi connectivity index (χ0v) is 13.9. The summed E-state index contributed by atoms with van der Waals surface area (Å²) in [6.45, 7) is 2.65. The van der Waals surface area contributed by atoms with E-state index in [1.54, 1.807) is 7.11 Å². The Morgan fingerprint density at radius 1 is 1.17 bits per heavy atom. The Morgan fingerprint density at radius 3 is 2.75 bits per heavy atom. The minimum Gasteiger partial charge on any atom is -0.497 e. The number of ether oxygens (including phenoxy) is 1. The molecule has 124 valence electrons. The molecule has 4 rings (SSSR count). The largest absolute Gasteiger partial charge is 0.497 e. The molecule has 2 aliphatic rings. The topological polar surface area (TPSA) is 41.6 Å². The first-order chi connectivity index (χ1) is 11.7. The summed E-state index contributed by atoms with van der Waals surface area (Å²) in [5.74, 6) is 1.05. The summed E-state index contributed by atoms with van der Waals surface area (Å²) < 4.78 is 5.21. The summed E-state index contributed by atoms with van der Waals surface area (Å²) in [5.41, 5.74) is 3.20. The van der Waals surface area contributed by atoms with Gasteiger partial charge in [0.15, 0.2) is 0 Å². The highest BCUT2D eigenvalue weighted by atomic mass is 16.5. The average molecular weight is 322 g/mol. The van der Waals surface area contributed by atoms with Gasteiger partial charge in [0.05, 0.1) is 12.5 Å². The van der Waals surface area contributed by atoms with Crippen molar-refractivity contribution in [3.05, 3.63) is 59.7 Å². The lowest BCUT2D eigenvalue weighted by Crippen LogP contribution is -2.43. The molecule has 0 radical (unpaired) electrons. The van der Waals surface area contributed by atoms with Crippen molar-refractivity contribution in [2.24, 2.45) is 5.41 Å². The lowest BCUT2D eigenvalue weighted by molar-refractivity contribution is -0.125. The Bertz CT molecular complexity index is 756. The third-order valence-electron chi connectivity index (χ3n) is 5.27. The summed E-state index contributed by atoms with van der Waals surface area (Å²) in [6, 6.07) is 16.3. The van der Waals surface area contributed by atoms with E-state index < -0.39 is 0 Å². The molecule has 24 heavy (non-hydrogen) atoms. The van der Waals surface area contributed by atoms with Crippen LogP contribution in [0.2, 0.25) is 0 Å². The minimum absolute atomic E-state index is 0.179. The van der Waals surface area contributed by atoms with Gasteiger partial charge in [0.1, 0.15) is 5.75 Å². The van der Waals surface area contributed by atoms with Crippen molar-refractivity contribution in [3.8, 4) is 5.75 Å². The number of anilines is 1. The highest BCUT2D eigenvalue weighted by Crippen LogP contribution is 2.41. The monoisotopic (exact) mass is 322 g/mol. The maximum absolute atomic E-state index is 12.7. The van der Waals surface area contributed by atoms with Gasteiger partial charge in [-0.3, -0.25) is 9.69 Å². The average Bonchev–Trinajstić information content (AvgIpc) is 3.00. The second-order valence-corrected chi connectivity index (χ2v) is 6.88. The second-order valence-electron chi connectivity index (χ2n) is 6.88. The molecule has 0 aliphatic carbocycles. The van der Waals surface area contributed by atoms with Gasteiger partial charge in [-0.2, -0.15) is 0 Å². The van der Waals surface area contributed by atoms with E-state index in [1.807, 2.05) is 30.3 Å². The molecular formula is C20H22N2O2. The molecule has 1 unspecified atom stereocenters. The van der Waals surface area contributed by atoms with E-state index in [4.69, 9.17) is 4.74 Å². The van der Waals surface area contributed by atoms with Gasteiger partial charge in [-0.05, 0) is 48.7 Å². The number of para-hydroxylation sites is 1. The number of hydrogen-bond acceptors (Lipinski definition) is 3. The number of methoxy groups -OCH3 is 1. The quantitative estimate of drug-likeness (QED) is 0.944. The normalized spacial score (nSPS) is 23.1. The first-order valence-electron chi connectivity index (χ1n) is 8.43. The molecule has 2 aromatic carbocycles. The van der Waals surface area contributed by atoms with Gasteiger partial charge < -0.3 is 10.1 Å². The molecular weight excluding hydrogens is 300 g/mol. The van der Waals surface area contributed by atoms with Gasteiger partial charge in [-0.1, -0.05) is 30.3 Å². The van der Waals surface area contributed by atoms with Crippen LogP contribution in [-0.2, 0) is 17.8 Å². The molecule has 4 heteroatoms. The Labute approximate surface area is 142 Å². The van der Waals surface area contributed by atoms with Gasteiger partial charge in [0.25, 0.3) is 0 Å². The van der Waals surface area contributed by atoms with E-state index in [9.17, 15) is 4.79 Å². The van der Waals surface area contributed by atoms with Crippen molar-refractivity contribution >= 4 is 11.6 Å². The Morgan fingerprint density at radius 2 is 1.96 bits per heavy atom. The molecule has 1 fully saturated rings. The fourth-order valence-corrected chi connectivity index (χ4v) is 3.91. The van der Waals surface area contributed by atoms with Gasteiger partial charge in [-0.25, -0.2) is 0 Å². The van der Waals surface area contributed by atoms with E-state index in [-0.39, 0.29) is 11.3 Å². The van der Waals surface area contributed by atoms with Crippen LogP contribution in [-0.4, -0.2) is 31.0 Å². The van der Waals surface area contributed by atoms with Crippen molar-refractivity contribution in [2.45, 2.75) is 19.4 Å². The number of hydrogen-bond donors (Lipinski definition) is 1. The number of benzene rings is 2. The van der Waals surface area contributed by atoms with Crippen LogP contribution in [0, 0.1) is 5.41 Å². The van der Waals surface area contributed by atoms with Gasteiger partial charge >= 0.3 is 0 Å². The highest BCUT2D eigenvalue weighted by molar-refractivity contribution is 5.98. The SMILES string of the molecule is COc1ccc(CN2CCC3(Cc4ccccc4NC3=O)C2)cc1. The number of fused-ring (bicyclic) bond motifs is 1. The van der Waals surface area contributed by atoms with Crippen molar-refractivity contribution in [1.29, 1.82) is 0 Å². The van der Waals surface area contributed by atoms with Crippen LogP contribution in [0.5, 0.6) is 5.75 Å². The number of carbonyl (C=O) groups excluding carboxylic acids is 1. The van der Waals surface area contributed by atoms with Crippen LogP contribution < -0.4 is 10.1 Å². The van der Waals surface area contributed by atoms with Gasteiger partial charge in [0.2, 0.25) is 5.91 Å². The van der Waals surface area contributed by atoms with Crippen LogP contribution in [0.3, 0.4) is 0 Å². The summed E-state index contributed by atoms with van der Waals surface area (Å²) in [4.78, 5) is 15.1. The molecule has 0 bridgehead atoms. The van der Waals surface area contributed by atoms with Crippen LogP contribution in [0.4, 0.5) is 5.69 Å². The van der Waals surface area contributed by atoms with E-state index in [1.165, 1.54) is 11.1 Å². The fraction of sp³-hybridized carbons (Fsp3) is 0.350. The van der Waals surface area contributed by atoms with E-state index in [2.05, 4.69) is 28.4 Å². The van der Waals surface area contributed by atoms with E-state index >= 15 is 0 Å². The van der Waals surface area contributed by atoms with Gasteiger partial charge in [-0.15, -0.1) is 0 Å².